The van der Waals surface area contributed by atoms with E-state index in [2.05, 4.69) is 15.2 Å². The van der Waals surface area contributed by atoms with Crippen LogP contribution in [0.15, 0.2) is 35.3 Å². The molecule has 1 N–H and O–H groups in total. The molecule has 0 unspecified atom stereocenters. The third-order valence-corrected chi connectivity index (χ3v) is 5.08. The lowest BCUT2D eigenvalue weighted by molar-refractivity contribution is -0.133. The van der Waals surface area contributed by atoms with Crippen LogP contribution in [0.25, 0.3) is 11.0 Å². The van der Waals surface area contributed by atoms with Gasteiger partial charge in [-0.1, -0.05) is 12.1 Å². The van der Waals surface area contributed by atoms with Crippen LogP contribution in [0.5, 0.6) is 0 Å². The second-order valence-corrected chi connectivity index (χ2v) is 7.17. The zero-order valence-corrected chi connectivity index (χ0v) is 15.1. The third-order valence-electron chi connectivity index (χ3n) is 5.08. The summed E-state index contributed by atoms with van der Waals surface area (Å²) >= 11 is 0. The molecule has 1 aromatic carbocycles. The number of carbonyl (C=O) groups is 2. The number of hydrogen-bond acceptors (Lipinski definition) is 5. The molecule has 0 bridgehead atoms. The van der Waals surface area contributed by atoms with Crippen LogP contribution in [0.2, 0.25) is 0 Å². The number of rotatable bonds is 5. The van der Waals surface area contributed by atoms with Gasteiger partial charge >= 0.3 is 0 Å². The van der Waals surface area contributed by atoms with Gasteiger partial charge in [-0.2, -0.15) is 0 Å². The van der Waals surface area contributed by atoms with Crippen molar-refractivity contribution in [1.29, 1.82) is 0 Å². The number of nitrogens with zero attached hydrogens (tertiary/aromatic N) is 4. The van der Waals surface area contributed by atoms with Gasteiger partial charge in [0.15, 0.2) is 0 Å². The molecule has 0 radical (unpaired) electrons. The van der Waals surface area contributed by atoms with Crippen LogP contribution in [0, 0.1) is 0 Å². The lowest BCUT2D eigenvalue weighted by Crippen LogP contribution is -2.52. The Labute approximate surface area is 156 Å². The number of fused-ring (bicyclic) bond motifs is 1. The van der Waals surface area contributed by atoms with Crippen LogP contribution in [0.4, 0.5) is 0 Å². The number of hydrogen-bond donors (Lipinski definition) is 1. The van der Waals surface area contributed by atoms with E-state index < -0.39 is 0 Å². The van der Waals surface area contributed by atoms with E-state index in [1.54, 1.807) is 11.0 Å². The Hall–Kier alpha value is -2.74. The Balaban J connectivity index is 1.35. The molecular weight excluding hydrogens is 346 g/mol. The molecule has 1 saturated heterocycles. The van der Waals surface area contributed by atoms with Crippen molar-refractivity contribution in [1.82, 2.24) is 24.7 Å². The minimum Gasteiger partial charge on any atom is -0.352 e. The monoisotopic (exact) mass is 369 g/mol. The first-order valence-corrected chi connectivity index (χ1v) is 9.34. The number of nitrogens with one attached hydrogen (secondary N) is 1. The fourth-order valence-electron chi connectivity index (χ4n) is 3.37. The summed E-state index contributed by atoms with van der Waals surface area (Å²) in [5.74, 6) is -0.0254. The predicted molar refractivity (Wildman–Crippen MR) is 100 cm³/mol. The highest BCUT2D eigenvalue weighted by atomic mass is 16.2. The molecule has 0 spiro atoms. The highest BCUT2D eigenvalue weighted by molar-refractivity contribution is 5.80. The Bertz CT molecular complexity index is 913. The number of para-hydroxylation sites is 2. The Morgan fingerprint density at radius 3 is 2.56 bits per heavy atom. The third kappa shape index (κ3) is 4.16. The van der Waals surface area contributed by atoms with Gasteiger partial charge in [0.25, 0.3) is 5.56 Å². The van der Waals surface area contributed by atoms with Gasteiger partial charge in [0.2, 0.25) is 11.8 Å². The number of amides is 2. The topological polar surface area (TPSA) is 87.5 Å². The Morgan fingerprint density at radius 1 is 1.07 bits per heavy atom. The number of aromatic nitrogens is 2. The molecule has 1 aliphatic carbocycles. The van der Waals surface area contributed by atoms with Crippen LogP contribution < -0.4 is 10.9 Å². The van der Waals surface area contributed by atoms with Crippen molar-refractivity contribution in [3.05, 3.63) is 40.8 Å². The molecule has 1 saturated carbocycles. The van der Waals surface area contributed by atoms with Gasteiger partial charge in [-0.15, -0.1) is 0 Å². The van der Waals surface area contributed by atoms with E-state index in [1.165, 1.54) is 10.8 Å². The van der Waals surface area contributed by atoms with Gasteiger partial charge in [0, 0.05) is 32.2 Å². The molecular formula is C19H23N5O3. The standard InChI is InChI=1S/C19H23N5O3/c25-17(21-14-5-6-14)12-22-7-9-23(10-8-22)19(27)13-24-16-4-2-1-3-15(16)20-11-18(24)26/h1-4,11,14H,5-10,12-13H2,(H,21,25). The summed E-state index contributed by atoms with van der Waals surface area (Å²) in [7, 11) is 0. The van der Waals surface area contributed by atoms with Gasteiger partial charge in [-0.25, -0.2) is 4.98 Å². The minimum atomic E-state index is -0.280. The molecule has 4 rings (SSSR count). The van der Waals surface area contributed by atoms with Crippen molar-refractivity contribution < 1.29 is 9.59 Å². The molecule has 2 aromatic rings. The van der Waals surface area contributed by atoms with Gasteiger partial charge < -0.3 is 10.2 Å². The lowest BCUT2D eigenvalue weighted by atomic mass is 10.2. The maximum atomic E-state index is 12.7. The molecule has 8 nitrogen and oxygen atoms in total. The second kappa shape index (κ2) is 7.48. The number of piperazine rings is 1. The number of carbonyl (C=O) groups excluding carboxylic acids is 2. The average molecular weight is 369 g/mol. The normalized spacial score (nSPS) is 17.9. The largest absolute Gasteiger partial charge is 0.352 e. The second-order valence-electron chi connectivity index (χ2n) is 7.17. The molecule has 2 fully saturated rings. The summed E-state index contributed by atoms with van der Waals surface area (Å²) in [6.45, 7) is 2.84. The Morgan fingerprint density at radius 2 is 1.81 bits per heavy atom. The highest BCUT2D eigenvalue weighted by Gasteiger charge is 2.26. The van der Waals surface area contributed by atoms with Crippen molar-refractivity contribution >= 4 is 22.8 Å². The van der Waals surface area contributed by atoms with Crippen molar-refractivity contribution in [2.24, 2.45) is 0 Å². The van der Waals surface area contributed by atoms with Gasteiger partial charge in [0.05, 0.1) is 23.8 Å². The zero-order chi connectivity index (χ0) is 18.8. The molecule has 2 amide bonds. The molecule has 1 aromatic heterocycles. The van der Waals surface area contributed by atoms with E-state index in [4.69, 9.17) is 0 Å². The van der Waals surface area contributed by atoms with Crippen LogP contribution in [-0.2, 0) is 16.1 Å². The Kier molecular flexibility index (Phi) is 4.89. The molecule has 1 aliphatic heterocycles. The fourth-order valence-corrected chi connectivity index (χ4v) is 3.37. The van der Waals surface area contributed by atoms with Crippen LogP contribution in [-0.4, -0.2) is 69.9 Å². The van der Waals surface area contributed by atoms with E-state index in [1.807, 2.05) is 18.2 Å². The van der Waals surface area contributed by atoms with Gasteiger partial charge in [-0.05, 0) is 25.0 Å². The van der Waals surface area contributed by atoms with Crippen molar-refractivity contribution in [2.45, 2.75) is 25.4 Å². The van der Waals surface area contributed by atoms with Gasteiger partial charge in [-0.3, -0.25) is 23.9 Å². The number of benzene rings is 1. The van der Waals surface area contributed by atoms with Crippen LogP contribution >= 0.6 is 0 Å². The summed E-state index contributed by atoms with van der Waals surface area (Å²) in [4.78, 5) is 44.7. The quantitative estimate of drug-likeness (QED) is 0.790. The summed E-state index contributed by atoms with van der Waals surface area (Å²) in [6, 6.07) is 7.67. The van der Waals surface area contributed by atoms with Crippen molar-refractivity contribution in [3.63, 3.8) is 0 Å². The molecule has 2 aliphatic rings. The van der Waals surface area contributed by atoms with E-state index in [0.29, 0.717) is 49.8 Å². The molecule has 2 heterocycles. The minimum absolute atomic E-state index is 0.00400. The summed E-state index contributed by atoms with van der Waals surface area (Å²) in [6.07, 6.45) is 3.42. The van der Waals surface area contributed by atoms with Crippen molar-refractivity contribution in [2.75, 3.05) is 32.7 Å². The predicted octanol–water partition coefficient (Wildman–Crippen LogP) is -0.181. The molecule has 8 heteroatoms. The summed E-state index contributed by atoms with van der Waals surface area (Å²) in [5.41, 5.74) is 1.07. The maximum Gasteiger partial charge on any atom is 0.269 e. The highest BCUT2D eigenvalue weighted by Crippen LogP contribution is 2.18. The first-order valence-electron chi connectivity index (χ1n) is 9.34. The molecule has 27 heavy (non-hydrogen) atoms. The van der Waals surface area contributed by atoms with Crippen LogP contribution in [0.1, 0.15) is 12.8 Å². The first-order chi connectivity index (χ1) is 13.1. The summed E-state index contributed by atoms with van der Waals surface area (Å²) < 4.78 is 1.47. The summed E-state index contributed by atoms with van der Waals surface area (Å²) in [5, 5.41) is 2.99. The van der Waals surface area contributed by atoms with Gasteiger partial charge in [0.1, 0.15) is 6.54 Å². The van der Waals surface area contributed by atoms with Crippen molar-refractivity contribution in [3.8, 4) is 0 Å². The van der Waals surface area contributed by atoms with Crippen LogP contribution in [0.3, 0.4) is 0 Å². The van der Waals surface area contributed by atoms with E-state index in [-0.39, 0.29) is 23.9 Å². The first kappa shape index (κ1) is 17.7. The average Bonchev–Trinajstić information content (AvgIpc) is 3.48. The zero-order valence-electron chi connectivity index (χ0n) is 15.1. The van der Waals surface area contributed by atoms with E-state index in [9.17, 15) is 14.4 Å². The lowest BCUT2D eigenvalue weighted by Gasteiger charge is -2.34. The molecule has 142 valence electrons. The fraction of sp³-hybridized carbons (Fsp3) is 0.474. The maximum absolute atomic E-state index is 12.7. The van der Waals surface area contributed by atoms with E-state index in [0.717, 1.165) is 12.8 Å². The molecule has 0 atom stereocenters. The SMILES string of the molecule is O=C(CN1CCN(C(=O)Cn2c(=O)cnc3ccccc32)CC1)NC1CC1. The smallest absolute Gasteiger partial charge is 0.269 e. The van der Waals surface area contributed by atoms with E-state index >= 15 is 0 Å².